The Bertz CT molecular complexity index is 442. The van der Waals surface area contributed by atoms with Crippen molar-refractivity contribution < 1.29 is 24.0 Å². The number of ether oxygens (including phenoxy) is 1. The second-order valence-electron chi connectivity index (χ2n) is 3.75. The van der Waals surface area contributed by atoms with Gasteiger partial charge in [0.15, 0.2) is 0 Å². The number of carboxylic acid groups (broad SMARTS) is 1. The van der Waals surface area contributed by atoms with Crippen molar-refractivity contribution in [1.29, 1.82) is 0 Å². The number of rotatable bonds is 2. The molecule has 1 aliphatic rings. The van der Waals surface area contributed by atoms with Crippen molar-refractivity contribution in [3.8, 4) is 0 Å². The molecule has 7 heteroatoms. The third-order valence-electron chi connectivity index (χ3n) is 2.58. The first-order valence-electron chi connectivity index (χ1n) is 5.15. The van der Waals surface area contributed by atoms with E-state index in [9.17, 15) is 9.59 Å². The van der Waals surface area contributed by atoms with E-state index in [2.05, 4.69) is 9.68 Å². The minimum atomic E-state index is -1.18. The average molecular weight is 240 g/mol. The van der Waals surface area contributed by atoms with E-state index in [-0.39, 0.29) is 11.7 Å². The summed E-state index contributed by atoms with van der Waals surface area (Å²) in [6.07, 6.45) is -0.426. The van der Waals surface area contributed by atoms with E-state index in [0.29, 0.717) is 25.4 Å². The fourth-order valence-corrected chi connectivity index (χ4v) is 1.66. The van der Waals surface area contributed by atoms with Gasteiger partial charge in [-0.25, -0.2) is 4.79 Å². The number of carbonyl (C=O) groups excluding carboxylic acids is 1. The summed E-state index contributed by atoms with van der Waals surface area (Å²) in [5, 5.41) is 12.3. The number of hydrogen-bond donors (Lipinski definition) is 1. The lowest BCUT2D eigenvalue weighted by Crippen LogP contribution is -2.41. The molecule has 0 saturated carbocycles. The fourth-order valence-electron chi connectivity index (χ4n) is 1.66. The van der Waals surface area contributed by atoms with Gasteiger partial charge in [0.1, 0.15) is 11.8 Å². The third-order valence-corrected chi connectivity index (χ3v) is 2.58. The van der Waals surface area contributed by atoms with E-state index in [1.807, 2.05) is 0 Å². The summed E-state index contributed by atoms with van der Waals surface area (Å²) in [7, 11) is 0. The Balaban J connectivity index is 2.10. The molecule has 0 aliphatic carbocycles. The van der Waals surface area contributed by atoms with Crippen molar-refractivity contribution in [3.63, 3.8) is 0 Å². The Labute approximate surface area is 96.9 Å². The smallest absolute Gasteiger partial charge is 0.374 e. The van der Waals surface area contributed by atoms with Gasteiger partial charge >= 0.3 is 5.97 Å². The zero-order chi connectivity index (χ0) is 12.4. The number of carboxylic acids is 1. The number of hydrogen-bond acceptors (Lipinski definition) is 5. The van der Waals surface area contributed by atoms with Crippen LogP contribution in [0, 0.1) is 0 Å². The molecule has 1 aromatic heterocycles. The van der Waals surface area contributed by atoms with Crippen molar-refractivity contribution in [2.75, 3.05) is 19.7 Å². The van der Waals surface area contributed by atoms with Crippen molar-refractivity contribution in [2.45, 2.75) is 13.0 Å². The highest BCUT2D eigenvalue weighted by Gasteiger charge is 2.27. The maximum absolute atomic E-state index is 11.2. The standard InChI is InChI=1S/C10H12N2O5/c1-6(13)12-2-3-16-9(5-12)7-4-8(10(14)15)17-11-7/h4,9H,2-3,5H2,1H3,(H,14,15). The van der Waals surface area contributed by atoms with E-state index in [1.54, 1.807) is 4.90 Å². The molecule has 17 heavy (non-hydrogen) atoms. The van der Waals surface area contributed by atoms with Gasteiger partial charge in [-0.1, -0.05) is 5.16 Å². The number of amides is 1. The fraction of sp³-hybridized carbons (Fsp3) is 0.500. The van der Waals surface area contributed by atoms with Gasteiger partial charge in [0.25, 0.3) is 0 Å². The normalized spacial score (nSPS) is 20.3. The number of aromatic carboxylic acids is 1. The molecule has 92 valence electrons. The molecular weight excluding hydrogens is 228 g/mol. The summed E-state index contributed by atoms with van der Waals surface area (Å²) in [5.41, 5.74) is 0.397. The van der Waals surface area contributed by atoms with Gasteiger partial charge in [-0.15, -0.1) is 0 Å². The van der Waals surface area contributed by atoms with Crippen molar-refractivity contribution in [2.24, 2.45) is 0 Å². The average Bonchev–Trinajstić information content (AvgIpc) is 2.78. The topological polar surface area (TPSA) is 92.9 Å². The van der Waals surface area contributed by atoms with E-state index in [0.717, 1.165) is 0 Å². The zero-order valence-electron chi connectivity index (χ0n) is 9.25. The molecule has 1 aromatic rings. The van der Waals surface area contributed by atoms with Gasteiger partial charge < -0.3 is 19.3 Å². The molecule has 2 rings (SSSR count). The first kappa shape index (κ1) is 11.6. The second kappa shape index (κ2) is 4.54. The van der Waals surface area contributed by atoms with Gasteiger partial charge in [0, 0.05) is 19.5 Å². The van der Waals surface area contributed by atoms with Crippen LogP contribution in [-0.4, -0.2) is 46.7 Å². The quantitative estimate of drug-likeness (QED) is 0.798. The molecule has 1 amide bonds. The Morgan fingerprint density at radius 2 is 2.35 bits per heavy atom. The van der Waals surface area contributed by atoms with Crippen LogP contribution in [0.25, 0.3) is 0 Å². The second-order valence-corrected chi connectivity index (χ2v) is 3.75. The number of carbonyl (C=O) groups is 2. The highest BCUT2D eigenvalue weighted by atomic mass is 16.5. The summed E-state index contributed by atoms with van der Waals surface area (Å²) in [6.45, 7) is 2.78. The predicted octanol–water partition coefficient (Wildman–Crippen LogP) is 0.293. The molecule has 7 nitrogen and oxygen atoms in total. The molecule has 1 saturated heterocycles. The van der Waals surface area contributed by atoms with Gasteiger partial charge in [0.05, 0.1) is 13.2 Å². The predicted molar refractivity (Wildman–Crippen MR) is 54.4 cm³/mol. The van der Waals surface area contributed by atoms with Crippen molar-refractivity contribution >= 4 is 11.9 Å². The van der Waals surface area contributed by atoms with Crippen LogP contribution in [0.5, 0.6) is 0 Å². The molecule has 0 radical (unpaired) electrons. The number of morpholine rings is 1. The molecule has 0 bridgehead atoms. The maximum Gasteiger partial charge on any atom is 0.374 e. The number of aromatic nitrogens is 1. The SMILES string of the molecule is CC(=O)N1CCOC(c2cc(C(=O)O)on2)C1. The third kappa shape index (κ3) is 2.44. The van der Waals surface area contributed by atoms with Crippen molar-refractivity contribution in [3.05, 3.63) is 17.5 Å². The van der Waals surface area contributed by atoms with E-state index in [4.69, 9.17) is 9.84 Å². The van der Waals surface area contributed by atoms with Crippen LogP contribution in [0.1, 0.15) is 29.3 Å². The highest BCUT2D eigenvalue weighted by molar-refractivity contribution is 5.84. The van der Waals surface area contributed by atoms with Gasteiger partial charge in [-0.2, -0.15) is 0 Å². The van der Waals surface area contributed by atoms with Gasteiger partial charge in [-0.05, 0) is 0 Å². The Kier molecular flexibility index (Phi) is 3.10. The monoisotopic (exact) mass is 240 g/mol. The maximum atomic E-state index is 11.2. The van der Waals surface area contributed by atoms with Crippen LogP contribution in [0.3, 0.4) is 0 Å². The zero-order valence-corrected chi connectivity index (χ0v) is 9.25. The number of nitrogens with zero attached hydrogens (tertiary/aromatic N) is 2. The van der Waals surface area contributed by atoms with Gasteiger partial charge in [-0.3, -0.25) is 4.79 Å². The summed E-state index contributed by atoms with van der Waals surface area (Å²) in [5.74, 6) is -1.45. The first-order valence-corrected chi connectivity index (χ1v) is 5.15. The molecule has 1 fully saturated rings. The molecule has 0 aromatic carbocycles. The molecule has 1 unspecified atom stereocenters. The van der Waals surface area contributed by atoms with Crippen molar-refractivity contribution in [1.82, 2.24) is 10.1 Å². The van der Waals surface area contributed by atoms with Crippen LogP contribution in [0.2, 0.25) is 0 Å². The summed E-state index contributed by atoms with van der Waals surface area (Å²) in [4.78, 5) is 23.5. The summed E-state index contributed by atoms with van der Waals surface area (Å²) < 4.78 is 10.1. The van der Waals surface area contributed by atoms with Crippen LogP contribution in [0.15, 0.2) is 10.6 Å². The summed E-state index contributed by atoms with van der Waals surface area (Å²) >= 11 is 0. The van der Waals surface area contributed by atoms with E-state index in [1.165, 1.54) is 13.0 Å². The molecule has 1 N–H and O–H groups in total. The minimum Gasteiger partial charge on any atom is -0.475 e. The lowest BCUT2D eigenvalue weighted by Gasteiger charge is -2.31. The highest BCUT2D eigenvalue weighted by Crippen LogP contribution is 2.22. The lowest BCUT2D eigenvalue weighted by atomic mass is 10.2. The molecule has 1 aliphatic heterocycles. The molecule has 1 atom stereocenters. The summed E-state index contributed by atoms with van der Waals surface area (Å²) in [6, 6.07) is 1.32. The van der Waals surface area contributed by atoms with Crippen LogP contribution < -0.4 is 0 Å². The Hall–Kier alpha value is -1.89. The molecular formula is C10H12N2O5. The Morgan fingerprint density at radius 1 is 1.59 bits per heavy atom. The largest absolute Gasteiger partial charge is 0.475 e. The van der Waals surface area contributed by atoms with Crippen LogP contribution in [0.4, 0.5) is 0 Å². The van der Waals surface area contributed by atoms with Gasteiger partial charge in [0.2, 0.25) is 11.7 Å². The first-order chi connectivity index (χ1) is 8.08. The lowest BCUT2D eigenvalue weighted by molar-refractivity contribution is -0.136. The van der Waals surface area contributed by atoms with E-state index < -0.39 is 12.1 Å². The minimum absolute atomic E-state index is 0.0414. The molecule has 2 heterocycles. The van der Waals surface area contributed by atoms with Crippen LogP contribution in [-0.2, 0) is 9.53 Å². The Morgan fingerprint density at radius 3 is 2.94 bits per heavy atom. The molecule has 0 spiro atoms. The van der Waals surface area contributed by atoms with Crippen LogP contribution >= 0.6 is 0 Å². The van der Waals surface area contributed by atoms with E-state index >= 15 is 0 Å².